The van der Waals surface area contributed by atoms with Crippen molar-refractivity contribution < 1.29 is 14.5 Å². The van der Waals surface area contributed by atoms with Crippen LogP contribution in [0.2, 0.25) is 6.32 Å². The molecule has 0 unspecified atom stereocenters. The van der Waals surface area contributed by atoms with E-state index < -0.39 is 12.7 Å². The van der Waals surface area contributed by atoms with Crippen molar-refractivity contribution in [1.82, 2.24) is 5.32 Å². The molecule has 15 heavy (non-hydrogen) atoms. The van der Waals surface area contributed by atoms with Gasteiger partial charge in [-0.2, -0.15) is 0 Å². The molecule has 2 saturated heterocycles. The zero-order valence-corrected chi connectivity index (χ0v) is 9.00. The van der Waals surface area contributed by atoms with Gasteiger partial charge >= 0.3 is 13.1 Å². The van der Waals surface area contributed by atoms with E-state index in [-0.39, 0.29) is 5.97 Å². The van der Waals surface area contributed by atoms with E-state index in [1.54, 1.807) is 0 Å². The highest BCUT2D eigenvalue weighted by atomic mass is 16.6. The van der Waals surface area contributed by atoms with Gasteiger partial charge in [0.05, 0.1) is 0 Å². The molecule has 0 amide bonds. The summed E-state index contributed by atoms with van der Waals surface area (Å²) in [5.74, 6) is -0.255. The molecule has 0 bridgehead atoms. The van der Waals surface area contributed by atoms with Crippen LogP contribution in [0, 0.1) is 0 Å². The average Bonchev–Trinajstić information content (AvgIpc) is 2.24. The first kappa shape index (κ1) is 11.0. The zero-order valence-electron chi connectivity index (χ0n) is 9.00. The van der Waals surface area contributed by atoms with E-state index in [1.807, 2.05) is 0 Å². The Morgan fingerprint density at radius 3 is 2.67 bits per heavy atom. The summed E-state index contributed by atoms with van der Waals surface area (Å²) in [5, 5.41) is 12.7. The Bertz CT molecular complexity index is 241. The van der Waals surface area contributed by atoms with Crippen LogP contribution >= 0.6 is 0 Å². The predicted molar refractivity (Wildman–Crippen MR) is 57.3 cm³/mol. The number of hydrogen-bond donors (Lipinski definition) is 2. The first-order chi connectivity index (χ1) is 7.23. The van der Waals surface area contributed by atoms with Gasteiger partial charge in [-0.1, -0.05) is 12.8 Å². The lowest BCUT2D eigenvalue weighted by atomic mass is 9.76. The third-order valence-electron chi connectivity index (χ3n) is 3.43. The fourth-order valence-corrected chi connectivity index (χ4v) is 2.50. The molecule has 84 valence electrons. The number of rotatable bonds is 0. The van der Waals surface area contributed by atoms with Crippen molar-refractivity contribution in [3.8, 4) is 0 Å². The van der Waals surface area contributed by atoms with Crippen molar-refractivity contribution in [3.63, 3.8) is 0 Å². The molecule has 0 aliphatic carbocycles. The van der Waals surface area contributed by atoms with Gasteiger partial charge in [-0.15, -0.1) is 0 Å². The Morgan fingerprint density at radius 1 is 1.27 bits per heavy atom. The summed E-state index contributed by atoms with van der Waals surface area (Å²) in [6, 6.07) is 0. The maximum absolute atomic E-state index is 11.9. The van der Waals surface area contributed by atoms with Crippen LogP contribution in [-0.4, -0.2) is 30.2 Å². The summed E-state index contributed by atoms with van der Waals surface area (Å²) in [6.45, 7) is 0.880. The number of nitrogens with one attached hydrogen (secondary N) is 1. The molecule has 2 aliphatic rings. The summed E-state index contributed by atoms with van der Waals surface area (Å²) >= 11 is 0. The first-order valence-corrected chi connectivity index (χ1v) is 5.87. The minimum absolute atomic E-state index is 0.255. The molecule has 2 fully saturated rings. The molecular formula is C10H18BNO3. The topological polar surface area (TPSA) is 58.6 Å². The van der Waals surface area contributed by atoms with Gasteiger partial charge < -0.3 is 15.0 Å². The number of carbonyl (C=O) groups excluding carboxylic acids is 1. The lowest BCUT2D eigenvalue weighted by Crippen LogP contribution is -2.57. The van der Waals surface area contributed by atoms with Crippen molar-refractivity contribution in [1.29, 1.82) is 0 Å². The van der Waals surface area contributed by atoms with Crippen LogP contribution in [0.25, 0.3) is 0 Å². The smallest absolute Gasteiger partial charge is 0.508 e. The van der Waals surface area contributed by atoms with Gasteiger partial charge in [0.2, 0.25) is 0 Å². The fourth-order valence-electron chi connectivity index (χ4n) is 2.50. The Kier molecular flexibility index (Phi) is 3.31. The Balaban J connectivity index is 2.08. The maximum atomic E-state index is 11.9. The van der Waals surface area contributed by atoms with Crippen LogP contribution in [0.15, 0.2) is 0 Å². The minimum Gasteiger partial charge on any atom is -0.508 e. The van der Waals surface area contributed by atoms with Crippen molar-refractivity contribution in [2.45, 2.75) is 50.4 Å². The average molecular weight is 211 g/mol. The third-order valence-corrected chi connectivity index (χ3v) is 3.43. The van der Waals surface area contributed by atoms with Gasteiger partial charge in [-0.25, -0.2) is 0 Å². The normalized spacial score (nSPS) is 33.4. The Labute approximate surface area is 90.5 Å². The first-order valence-electron chi connectivity index (χ1n) is 5.87. The van der Waals surface area contributed by atoms with Gasteiger partial charge in [-0.05, 0) is 38.5 Å². The van der Waals surface area contributed by atoms with Crippen LogP contribution in [0.1, 0.15) is 38.5 Å². The molecule has 2 heterocycles. The molecule has 4 nitrogen and oxygen atoms in total. The number of piperidine rings is 1. The highest BCUT2D eigenvalue weighted by molar-refractivity contribution is 6.45. The van der Waals surface area contributed by atoms with Crippen LogP contribution in [0.4, 0.5) is 0 Å². The van der Waals surface area contributed by atoms with Crippen molar-refractivity contribution >= 4 is 13.1 Å². The highest BCUT2D eigenvalue weighted by Gasteiger charge is 2.42. The Morgan fingerprint density at radius 2 is 2.00 bits per heavy atom. The molecule has 0 aromatic carbocycles. The summed E-state index contributed by atoms with van der Waals surface area (Å²) < 4.78 is 5.04. The minimum atomic E-state index is -0.904. The van der Waals surface area contributed by atoms with Crippen LogP contribution in [0.3, 0.4) is 0 Å². The molecule has 0 aromatic rings. The van der Waals surface area contributed by atoms with Crippen LogP contribution in [0.5, 0.6) is 0 Å². The lowest BCUT2D eigenvalue weighted by Gasteiger charge is -2.37. The SMILES string of the molecule is O=C1OB(O)CCCC[C@]12CCCCN2. The molecule has 2 rings (SSSR count). The number of hydrogen-bond acceptors (Lipinski definition) is 4. The van der Waals surface area contributed by atoms with E-state index in [4.69, 9.17) is 4.65 Å². The third kappa shape index (κ3) is 2.34. The van der Waals surface area contributed by atoms with Gasteiger partial charge in [0.1, 0.15) is 5.54 Å². The molecule has 0 saturated carbocycles. The monoisotopic (exact) mass is 211 g/mol. The summed E-state index contributed by atoms with van der Waals surface area (Å²) in [6.07, 6.45) is 6.37. The molecule has 1 atom stereocenters. The zero-order chi connectivity index (χ0) is 10.7. The standard InChI is InChI=1S/C10H18BNO3/c13-9-10(6-2-4-8-12-10)5-1-3-7-11(14)15-9/h12,14H,1-8H2/t10-/m0/s1. The predicted octanol–water partition coefficient (Wildman–Crippen LogP) is 0.706. The van der Waals surface area contributed by atoms with Crippen molar-refractivity contribution in [2.75, 3.05) is 6.54 Å². The molecule has 0 radical (unpaired) electrons. The van der Waals surface area contributed by atoms with E-state index in [1.165, 1.54) is 0 Å². The van der Waals surface area contributed by atoms with E-state index in [2.05, 4.69) is 5.32 Å². The fraction of sp³-hybridized carbons (Fsp3) is 0.900. The second-order valence-electron chi connectivity index (χ2n) is 4.57. The highest BCUT2D eigenvalue weighted by Crippen LogP contribution is 2.29. The van der Waals surface area contributed by atoms with Gasteiger partial charge in [0, 0.05) is 0 Å². The molecule has 1 spiro atoms. The van der Waals surface area contributed by atoms with Gasteiger partial charge in [0.15, 0.2) is 0 Å². The van der Waals surface area contributed by atoms with Gasteiger partial charge in [-0.3, -0.25) is 4.79 Å². The van der Waals surface area contributed by atoms with E-state index in [9.17, 15) is 9.82 Å². The quantitative estimate of drug-likeness (QED) is 0.579. The number of carbonyl (C=O) groups is 1. The van der Waals surface area contributed by atoms with Crippen LogP contribution < -0.4 is 5.32 Å². The largest absolute Gasteiger partial charge is 0.524 e. The molecule has 0 aromatic heterocycles. The molecule has 2 aliphatic heterocycles. The summed E-state index contributed by atoms with van der Waals surface area (Å²) in [7, 11) is -0.904. The summed E-state index contributed by atoms with van der Waals surface area (Å²) in [4.78, 5) is 11.9. The van der Waals surface area contributed by atoms with Crippen molar-refractivity contribution in [2.24, 2.45) is 0 Å². The van der Waals surface area contributed by atoms with Crippen molar-refractivity contribution in [3.05, 3.63) is 0 Å². The molecule has 2 N–H and O–H groups in total. The van der Waals surface area contributed by atoms with E-state index in [0.717, 1.165) is 45.1 Å². The molecule has 5 heteroatoms. The van der Waals surface area contributed by atoms with E-state index >= 15 is 0 Å². The maximum Gasteiger partial charge on any atom is 0.524 e. The summed E-state index contributed by atoms with van der Waals surface area (Å²) in [5.41, 5.74) is -0.500. The Hall–Kier alpha value is -0.545. The second-order valence-corrected chi connectivity index (χ2v) is 4.57. The molecular weight excluding hydrogens is 193 g/mol. The van der Waals surface area contributed by atoms with E-state index in [0.29, 0.717) is 6.32 Å². The second kappa shape index (κ2) is 4.53. The van der Waals surface area contributed by atoms with Crippen LogP contribution in [-0.2, 0) is 9.45 Å². The lowest BCUT2D eigenvalue weighted by molar-refractivity contribution is -0.145. The van der Waals surface area contributed by atoms with Gasteiger partial charge in [0.25, 0.3) is 0 Å².